The lowest BCUT2D eigenvalue weighted by Crippen LogP contribution is -2.43. The van der Waals surface area contributed by atoms with Gasteiger partial charge in [-0.1, -0.05) is 24.3 Å². The van der Waals surface area contributed by atoms with Gasteiger partial charge in [0.1, 0.15) is 6.23 Å². The van der Waals surface area contributed by atoms with Gasteiger partial charge in [-0.15, -0.1) is 0 Å². The number of amides is 2. The van der Waals surface area contributed by atoms with E-state index in [9.17, 15) is 19.8 Å². The van der Waals surface area contributed by atoms with E-state index < -0.39 is 6.23 Å². The lowest BCUT2D eigenvalue weighted by Gasteiger charge is -2.25. The van der Waals surface area contributed by atoms with Crippen LogP contribution in [0.5, 0.6) is 23.0 Å². The Morgan fingerprint density at radius 2 is 1.54 bits per heavy atom. The average molecular weight is 683 g/mol. The Kier molecular flexibility index (Phi) is 8.23. The molecule has 3 aromatic rings. The van der Waals surface area contributed by atoms with Crippen LogP contribution in [0.4, 0.5) is 11.4 Å². The monoisotopic (exact) mass is 682 g/mol. The maximum Gasteiger partial charge on any atom is 0.260 e. The van der Waals surface area contributed by atoms with Gasteiger partial charge in [0.25, 0.3) is 11.8 Å². The van der Waals surface area contributed by atoms with Gasteiger partial charge in [0.15, 0.2) is 23.0 Å². The molecule has 3 atom stereocenters. The predicted octanol–water partition coefficient (Wildman–Crippen LogP) is 4.46. The number of benzene rings is 3. The number of carbonyl (C=O) groups excluding carboxylic acids is 2. The van der Waals surface area contributed by atoms with Gasteiger partial charge in [-0.2, -0.15) is 0 Å². The Balaban J connectivity index is 0.911. The van der Waals surface area contributed by atoms with Crippen LogP contribution in [0.3, 0.4) is 0 Å². The molecular formula is C38H42N4O8. The SMILES string of the molecule is COc1cc2c(cc1OCCCOc1cc3c(cc1OC)C(=O)N1CC4(CC4)C[C@H]1C(O)N3)NCC1CC(c3ccc(CO)cc3)=CN1C2=O. The first-order valence-electron chi connectivity index (χ1n) is 17.2. The van der Waals surface area contributed by atoms with Gasteiger partial charge in [-0.05, 0) is 59.9 Å². The number of hydrogen-bond donors (Lipinski definition) is 4. The van der Waals surface area contributed by atoms with E-state index in [4.69, 9.17) is 18.9 Å². The summed E-state index contributed by atoms with van der Waals surface area (Å²) in [6.45, 7) is 1.87. The molecule has 1 aliphatic carbocycles. The Labute approximate surface area is 290 Å². The van der Waals surface area contributed by atoms with E-state index in [0.29, 0.717) is 84.6 Å². The Morgan fingerprint density at radius 1 is 0.880 bits per heavy atom. The summed E-state index contributed by atoms with van der Waals surface area (Å²) in [5, 5.41) is 26.9. The fourth-order valence-electron chi connectivity index (χ4n) is 7.71. The molecule has 4 aliphatic heterocycles. The summed E-state index contributed by atoms with van der Waals surface area (Å²) >= 11 is 0. The van der Waals surface area contributed by atoms with E-state index in [-0.39, 0.29) is 35.9 Å². The summed E-state index contributed by atoms with van der Waals surface area (Å²) in [5.74, 6) is 1.66. The summed E-state index contributed by atoms with van der Waals surface area (Å²) < 4.78 is 23.5. The van der Waals surface area contributed by atoms with Crippen molar-refractivity contribution in [2.24, 2.45) is 5.41 Å². The van der Waals surface area contributed by atoms with Gasteiger partial charge in [-0.25, -0.2) is 0 Å². The third kappa shape index (κ3) is 5.75. The lowest BCUT2D eigenvalue weighted by molar-refractivity contribution is 0.0580. The summed E-state index contributed by atoms with van der Waals surface area (Å²) in [5.41, 5.74) is 5.30. The summed E-state index contributed by atoms with van der Waals surface area (Å²) in [7, 11) is 3.09. The van der Waals surface area contributed by atoms with E-state index >= 15 is 0 Å². The van der Waals surface area contributed by atoms with Crippen molar-refractivity contribution in [3.05, 3.63) is 77.0 Å². The number of aliphatic hydroxyl groups excluding tert-OH is 2. The average Bonchev–Trinajstić information content (AvgIpc) is 3.64. The van der Waals surface area contributed by atoms with Crippen LogP contribution in [0.1, 0.15) is 63.9 Å². The molecule has 0 aromatic heterocycles. The van der Waals surface area contributed by atoms with E-state index in [2.05, 4.69) is 10.6 Å². The Bertz CT molecular complexity index is 1860. The van der Waals surface area contributed by atoms with Crippen LogP contribution in [0, 0.1) is 5.41 Å². The topological polar surface area (TPSA) is 142 Å². The van der Waals surface area contributed by atoms with Crippen LogP contribution < -0.4 is 29.6 Å². The molecule has 262 valence electrons. The van der Waals surface area contributed by atoms with Crippen LogP contribution >= 0.6 is 0 Å². The molecule has 1 spiro atoms. The minimum Gasteiger partial charge on any atom is -0.493 e. The molecule has 4 N–H and O–H groups in total. The van der Waals surface area contributed by atoms with Crippen LogP contribution in [0.2, 0.25) is 0 Å². The highest BCUT2D eigenvalue weighted by molar-refractivity contribution is 6.03. The predicted molar refractivity (Wildman–Crippen MR) is 186 cm³/mol. The van der Waals surface area contributed by atoms with Crippen molar-refractivity contribution in [2.45, 2.75) is 57.0 Å². The smallest absolute Gasteiger partial charge is 0.260 e. The van der Waals surface area contributed by atoms with Gasteiger partial charge in [0.2, 0.25) is 0 Å². The first-order chi connectivity index (χ1) is 24.3. The molecule has 5 aliphatic rings. The van der Waals surface area contributed by atoms with Crippen molar-refractivity contribution >= 4 is 28.8 Å². The van der Waals surface area contributed by atoms with Crippen molar-refractivity contribution in [2.75, 3.05) is 51.2 Å². The maximum absolute atomic E-state index is 13.7. The molecule has 2 amide bonds. The lowest BCUT2D eigenvalue weighted by atomic mass is 10.0. The molecule has 12 heteroatoms. The minimum atomic E-state index is -0.864. The minimum absolute atomic E-state index is 0.00679. The third-order valence-corrected chi connectivity index (χ3v) is 10.7. The second-order valence-corrected chi connectivity index (χ2v) is 13.9. The Hall–Kier alpha value is -4.94. The molecule has 2 fully saturated rings. The van der Waals surface area contributed by atoms with Crippen LogP contribution in [0.25, 0.3) is 5.57 Å². The van der Waals surface area contributed by atoms with Crippen LogP contribution in [0.15, 0.2) is 54.7 Å². The molecule has 12 nitrogen and oxygen atoms in total. The van der Waals surface area contributed by atoms with Gasteiger partial charge >= 0.3 is 0 Å². The molecule has 1 saturated heterocycles. The number of aliphatic hydroxyl groups is 2. The Morgan fingerprint density at radius 3 is 2.18 bits per heavy atom. The molecule has 3 aromatic carbocycles. The highest BCUT2D eigenvalue weighted by Gasteiger charge is 2.56. The molecular weight excluding hydrogens is 640 g/mol. The second-order valence-electron chi connectivity index (χ2n) is 13.9. The number of nitrogens with one attached hydrogen (secondary N) is 2. The first-order valence-corrected chi connectivity index (χ1v) is 17.2. The van der Waals surface area contributed by atoms with Gasteiger partial charge < -0.3 is 49.6 Å². The van der Waals surface area contributed by atoms with Crippen LogP contribution in [-0.4, -0.2) is 90.7 Å². The highest BCUT2D eigenvalue weighted by Crippen LogP contribution is 2.56. The second kappa shape index (κ2) is 12.7. The highest BCUT2D eigenvalue weighted by atomic mass is 16.5. The zero-order chi connectivity index (χ0) is 34.6. The van der Waals surface area contributed by atoms with Gasteiger partial charge in [-0.3, -0.25) is 9.59 Å². The number of fused-ring (bicyclic) bond motifs is 4. The number of anilines is 2. The maximum atomic E-state index is 13.7. The summed E-state index contributed by atoms with van der Waals surface area (Å²) in [4.78, 5) is 30.9. The standard InChI is InChI=1S/C38H42N4O8/c1-47-31-13-26-28(39-18-25-12-24(19-41(25)36(26)45)23-6-4-22(20-43)5-7-23)15-33(31)49-10-3-11-50-34-16-29-27(14-32(34)48-2)37(46)42-21-38(8-9-38)17-30(42)35(44)40-29/h4-7,13-16,19,25,30,35,39-40,43-44H,3,8-12,17-18,20-21H2,1-2H3/t25?,30-,35?/m0/s1. The first kappa shape index (κ1) is 32.3. The van der Waals surface area contributed by atoms with E-state index in [1.165, 1.54) is 0 Å². The molecule has 8 rings (SSSR count). The van der Waals surface area contributed by atoms with Gasteiger partial charge in [0, 0.05) is 37.8 Å². The number of ether oxygens (including phenoxy) is 4. The molecule has 2 unspecified atom stereocenters. The number of nitrogens with zero attached hydrogens (tertiary/aromatic N) is 2. The van der Waals surface area contributed by atoms with Crippen molar-refractivity contribution in [3.63, 3.8) is 0 Å². The quantitative estimate of drug-likeness (QED) is 0.227. The van der Waals surface area contributed by atoms with Crippen molar-refractivity contribution in [1.29, 1.82) is 0 Å². The van der Waals surface area contributed by atoms with E-state index in [0.717, 1.165) is 36.0 Å². The van der Waals surface area contributed by atoms with Crippen molar-refractivity contribution < 1.29 is 38.7 Å². The number of carbonyl (C=O) groups is 2. The zero-order valence-corrected chi connectivity index (χ0v) is 28.2. The molecule has 0 bridgehead atoms. The molecule has 50 heavy (non-hydrogen) atoms. The normalized spacial score (nSPS) is 22.6. The summed E-state index contributed by atoms with van der Waals surface area (Å²) in [6, 6.07) is 14.4. The van der Waals surface area contributed by atoms with E-state index in [1.807, 2.05) is 41.4 Å². The number of methoxy groups -OCH3 is 2. The fourth-order valence-corrected chi connectivity index (χ4v) is 7.71. The zero-order valence-electron chi connectivity index (χ0n) is 28.2. The molecule has 1 saturated carbocycles. The van der Waals surface area contributed by atoms with Crippen molar-refractivity contribution in [3.8, 4) is 23.0 Å². The largest absolute Gasteiger partial charge is 0.493 e. The van der Waals surface area contributed by atoms with Crippen molar-refractivity contribution in [1.82, 2.24) is 9.80 Å². The van der Waals surface area contributed by atoms with Crippen LogP contribution in [-0.2, 0) is 6.61 Å². The third-order valence-electron chi connectivity index (χ3n) is 10.7. The fraction of sp³-hybridized carbons (Fsp3) is 0.421. The molecule has 0 radical (unpaired) electrons. The van der Waals surface area contributed by atoms with E-state index in [1.54, 1.807) is 37.3 Å². The number of rotatable bonds is 10. The summed E-state index contributed by atoms with van der Waals surface area (Å²) in [6.07, 6.45) is 5.32. The molecule has 4 heterocycles. The number of hydrogen-bond acceptors (Lipinski definition) is 10. The van der Waals surface area contributed by atoms with Gasteiger partial charge in [0.05, 0.1) is 68.6 Å².